The topological polar surface area (TPSA) is 84.7 Å². The molecule has 34 heavy (non-hydrogen) atoms. The maximum Gasteiger partial charge on any atom is 0.295 e. The number of ether oxygens (including phenoxy) is 1. The Balaban J connectivity index is 1.52. The van der Waals surface area contributed by atoms with Crippen LogP contribution in [0.3, 0.4) is 0 Å². The lowest BCUT2D eigenvalue weighted by molar-refractivity contribution is -0.139. The van der Waals surface area contributed by atoms with Crippen LogP contribution < -0.4 is 4.74 Å². The molecule has 1 fully saturated rings. The van der Waals surface area contributed by atoms with E-state index in [1.807, 2.05) is 23.8 Å². The highest BCUT2D eigenvalue weighted by Crippen LogP contribution is 2.41. The molecule has 2 atom stereocenters. The first kappa shape index (κ1) is 22.2. The highest BCUT2D eigenvalue weighted by molar-refractivity contribution is 6.46. The molecule has 1 aromatic heterocycles. The van der Waals surface area contributed by atoms with Crippen molar-refractivity contribution in [1.82, 2.24) is 14.5 Å². The Morgan fingerprint density at radius 3 is 2.71 bits per heavy atom. The fraction of sp³-hybridized carbons (Fsp3) is 0.269. The normalized spacial score (nSPS) is 21.1. The number of hydrogen-bond donors (Lipinski definition) is 1. The van der Waals surface area contributed by atoms with Crippen molar-refractivity contribution in [1.29, 1.82) is 0 Å². The number of ketones is 1. The van der Waals surface area contributed by atoms with Gasteiger partial charge >= 0.3 is 0 Å². The van der Waals surface area contributed by atoms with Crippen molar-refractivity contribution >= 4 is 29.1 Å². The van der Waals surface area contributed by atoms with Crippen LogP contribution in [0.4, 0.5) is 0 Å². The van der Waals surface area contributed by atoms with Gasteiger partial charge in [-0.3, -0.25) is 9.59 Å². The zero-order chi connectivity index (χ0) is 23.8. The number of Topliss-reactive ketones (excluding diaryl/α,β-unsaturated/α-hetero) is 1. The van der Waals surface area contributed by atoms with Gasteiger partial charge in [-0.25, -0.2) is 4.98 Å². The van der Waals surface area contributed by atoms with Crippen LogP contribution in [0.5, 0.6) is 5.75 Å². The first-order valence-electron chi connectivity index (χ1n) is 11.2. The van der Waals surface area contributed by atoms with Crippen molar-refractivity contribution < 1.29 is 19.4 Å². The maximum absolute atomic E-state index is 13.2. The van der Waals surface area contributed by atoms with E-state index in [9.17, 15) is 14.7 Å². The van der Waals surface area contributed by atoms with Crippen LogP contribution in [0.25, 0.3) is 5.76 Å². The second-order valence-electron chi connectivity index (χ2n) is 8.65. The van der Waals surface area contributed by atoms with Crippen LogP contribution in [0.15, 0.2) is 66.8 Å². The zero-order valence-electron chi connectivity index (χ0n) is 18.6. The molecule has 1 N–H and O–H groups in total. The van der Waals surface area contributed by atoms with Gasteiger partial charge in [-0.1, -0.05) is 23.7 Å². The van der Waals surface area contributed by atoms with Crippen LogP contribution in [-0.2, 0) is 22.6 Å². The van der Waals surface area contributed by atoms with Gasteiger partial charge in [-0.05, 0) is 54.8 Å². The Kier molecular flexibility index (Phi) is 5.87. The molecule has 7 nitrogen and oxygen atoms in total. The van der Waals surface area contributed by atoms with E-state index in [0.717, 1.165) is 17.7 Å². The van der Waals surface area contributed by atoms with Crippen LogP contribution in [0.1, 0.15) is 36.1 Å². The Labute approximate surface area is 202 Å². The van der Waals surface area contributed by atoms with Gasteiger partial charge in [0.1, 0.15) is 17.6 Å². The van der Waals surface area contributed by atoms with E-state index in [2.05, 4.69) is 4.98 Å². The summed E-state index contributed by atoms with van der Waals surface area (Å²) in [4.78, 5) is 31.8. The van der Waals surface area contributed by atoms with Gasteiger partial charge in [0.2, 0.25) is 0 Å². The second-order valence-corrected chi connectivity index (χ2v) is 9.09. The molecule has 2 aliphatic rings. The van der Waals surface area contributed by atoms with Crippen molar-refractivity contribution in [3.8, 4) is 5.75 Å². The third-order valence-electron chi connectivity index (χ3n) is 6.27. The summed E-state index contributed by atoms with van der Waals surface area (Å²) in [5.74, 6) is -0.716. The molecule has 1 amide bonds. The lowest BCUT2D eigenvalue weighted by Crippen LogP contribution is -2.31. The highest BCUT2D eigenvalue weighted by atomic mass is 35.5. The molecule has 2 aromatic carbocycles. The third-order valence-corrected chi connectivity index (χ3v) is 6.52. The average Bonchev–Trinajstić information content (AvgIpc) is 3.53. The number of likely N-dealkylation sites (tertiary alicyclic amines) is 1. The predicted octanol–water partition coefficient (Wildman–Crippen LogP) is 4.37. The van der Waals surface area contributed by atoms with Crippen molar-refractivity contribution in [3.05, 3.63) is 88.5 Å². The minimum Gasteiger partial charge on any atom is -0.507 e. The Morgan fingerprint density at radius 2 is 1.97 bits per heavy atom. The van der Waals surface area contributed by atoms with E-state index in [1.54, 1.807) is 48.9 Å². The molecule has 174 valence electrons. The summed E-state index contributed by atoms with van der Waals surface area (Å²) in [6.45, 7) is 2.98. The number of aliphatic hydroxyl groups is 1. The summed E-state index contributed by atoms with van der Waals surface area (Å²) in [5, 5.41) is 11.8. The number of aliphatic hydroxyl groups excluding tert-OH is 1. The first-order chi connectivity index (χ1) is 16.4. The van der Waals surface area contributed by atoms with Gasteiger partial charge in [0, 0.05) is 42.5 Å². The van der Waals surface area contributed by atoms with Gasteiger partial charge in [-0.2, -0.15) is 0 Å². The first-order valence-corrected chi connectivity index (χ1v) is 11.6. The number of fused-ring (bicyclic) bond motifs is 1. The molecule has 0 radical (unpaired) electrons. The van der Waals surface area contributed by atoms with Crippen molar-refractivity contribution in [2.24, 2.45) is 0 Å². The van der Waals surface area contributed by atoms with Crippen molar-refractivity contribution in [2.45, 2.75) is 38.5 Å². The molecule has 3 heterocycles. The number of halogens is 1. The molecule has 0 bridgehead atoms. The van der Waals surface area contributed by atoms with Gasteiger partial charge in [0.15, 0.2) is 0 Å². The van der Waals surface area contributed by atoms with Gasteiger partial charge in [0.25, 0.3) is 11.7 Å². The number of carbonyl (C=O) groups excluding carboxylic acids is 2. The summed E-state index contributed by atoms with van der Waals surface area (Å²) in [6.07, 6.45) is 6.67. The molecule has 5 rings (SSSR count). The third kappa shape index (κ3) is 4.07. The minimum absolute atomic E-state index is 0.0579. The zero-order valence-corrected chi connectivity index (χ0v) is 19.4. The molecule has 8 heteroatoms. The number of aromatic nitrogens is 2. The molecule has 0 spiro atoms. The molecule has 1 saturated heterocycles. The van der Waals surface area contributed by atoms with E-state index in [1.165, 1.54) is 4.90 Å². The van der Waals surface area contributed by atoms with Crippen molar-refractivity contribution in [2.75, 3.05) is 6.54 Å². The van der Waals surface area contributed by atoms with Gasteiger partial charge < -0.3 is 19.3 Å². The molecular formula is C26H24ClN3O4. The summed E-state index contributed by atoms with van der Waals surface area (Å²) >= 11 is 6.08. The number of nitrogens with zero attached hydrogens (tertiary/aromatic N) is 3. The number of hydrogen-bond acceptors (Lipinski definition) is 5. The molecule has 0 aliphatic carbocycles. The van der Waals surface area contributed by atoms with Crippen LogP contribution in [0, 0.1) is 0 Å². The van der Waals surface area contributed by atoms with Crippen LogP contribution in [-0.4, -0.2) is 43.9 Å². The lowest BCUT2D eigenvalue weighted by atomic mass is 9.94. The standard InChI is InChI=1S/C26H24ClN3O4/c1-16-13-19-14-18(5-8-21(19)34-16)24(31)22-23(17-3-6-20(27)7-4-17)30(26(33)25(22)32)11-2-10-29-12-9-28-15-29/h3-9,12,14-16,23,31H,2,10-11,13H2,1H3/t16-,23+/m1/s1. The fourth-order valence-corrected chi connectivity index (χ4v) is 4.80. The smallest absolute Gasteiger partial charge is 0.295 e. The quantitative estimate of drug-likeness (QED) is 0.324. The summed E-state index contributed by atoms with van der Waals surface area (Å²) < 4.78 is 7.67. The summed E-state index contributed by atoms with van der Waals surface area (Å²) in [7, 11) is 0. The number of aryl methyl sites for hydroxylation is 1. The van der Waals surface area contributed by atoms with E-state index in [-0.39, 0.29) is 17.4 Å². The molecular weight excluding hydrogens is 454 g/mol. The molecule has 2 aliphatic heterocycles. The molecule has 0 unspecified atom stereocenters. The number of benzene rings is 2. The van der Waals surface area contributed by atoms with Crippen LogP contribution >= 0.6 is 11.6 Å². The van der Waals surface area contributed by atoms with Crippen molar-refractivity contribution in [3.63, 3.8) is 0 Å². The van der Waals surface area contributed by atoms with E-state index < -0.39 is 17.7 Å². The van der Waals surface area contributed by atoms with E-state index >= 15 is 0 Å². The average molecular weight is 478 g/mol. The second kappa shape index (κ2) is 8.99. The van der Waals surface area contributed by atoms with Gasteiger partial charge in [0.05, 0.1) is 17.9 Å². The highest BCUT2D eigenvalue weighted by Gasteiger charge is 2.45. The Bertz CT molecular complexity index is 1270. The molecule has 3 aromatic rings. The van der Waals surface area contributed by atoms with Gasteiger partial charge in [-0.15, -0.1) is 0 Å². The summed E-state index contributed by atoms with van der Waals surface area (Å²) in [6, 6.07) is 11.7. The SMILES string of the molecule is C[C@@H]1Cc2cc(C(O)=C3C(=O)C(=O)N(CCCn4ccnc4)[C@H]3c3ccc(Cl)cc3)ccc2O1. The monoisotopic (exact) mass is 477 g/mol. The number of amides is 1. The van der Waals surface area contributed by atoms with Crippen LogP contribution in [0.2, 0.25) is 5.02 Å². The fourth-order valence-electron chi connectivity index (χ4n) is 4.67. The van der Waals surface area contributed by atoms with E-state index in [0.29, 0.717) is 35.7 Å². The Morgan fingerprint density at radius 1 is 1.18 bits per heavy atom. The predicted molar refractivity (Wildman–Crippen MR) is 128 cm³/mol. The molecule has 0 saturated carbocycles. The number of carbonyl (C=O) groups is 2. The number of imidazole rings is 1. The lowest BCUT2D eigenvalue weighted by Gasteiger charge is -2.25. The Hall–Kier alpha value is -3.58. The number of rotatable bonds is 6. The van der Waals surface area contributed by atoms with E-state index in [4.69, 9.17) is 16.3 Å². The largest absolute Gasteiger partial charge is 0.507 e. The minimum atomic E-state index is -0.705. The maximum atomic E-state index is 13.2. The summed E-state index contributed by atoms with van der Waals surface area (Å²) in [5.41, 5.74) is 2.26.